The molecule has 4 rings (SSSR count). The van der Waals surface area contributed by atoms with Gasteiger partial charge in [-0.2, -0.15) is 5.10 Å². The number of amides is 1. The number of fused-ring (bicyclic) bond motifs is 1. The average molecular weight is 450 g/mol. The first kappa shape index (κ1) is 21.7. The minimum absolute atomic E-state index is 0.187. The van der Waals surface area contributed by atoms with Gasteiger partial charge in [-0.05, 0) is 42.4 Å². The minimum Gasteiger partial charge on any atom is -0.385 e. The standard InChI is InChI=1S/C23H23N5O3S/c1-31-13-5-12-27-22(30)18-9-8-17(14-19(18)25-23(27)32)21(29)26-20-10-11-24-28(20)15-16-6-3-2-4-7-16/h2-4,6-11,14H,5,12-13,15H2,1H3,(H,25,32)(H,26,29). The van der Waals surface area contributed by atoms with Crippen molar-refractivity contribution in [3.05, 3.63) is 87.0 Å². The van der Waals surface area contributed by atoms with Crippen molar-refractivity contribution in [3.8, 4) is 0 Å². The van der Waals surface area contributed by atoms with Gasteiger partial charge in [-0.15, -0.1) is 0 Å². The highest BCUT2D eigenvalue weighted by Crippen LogP contribution is 2.15. The van der Waals surface area contributed by atoms with Gasteiger partial charge in [0.15, 0.2) is 4.77 Å². The second-order valence-electron chi connectivity index (χ2n) is 7.31. The Bertz CT molecular complexity index is 1360. The van der Waals surface area contributed by atoms with Gasteiger partial charge in [0.25, 0.3) is 11.5 Å². The fourth-order valence-electron chi connectivity index (χ4n) is 3.48. The zero-order valence-electron chi connectivity index (χ0n) is 17.6. The van der Waals surface area contributed by atoms with Gasteiger partial charge in [-0.25, -0.2) is 4.68 Å². The summed E-state index contributed by atoms with van der Waals surface area (Å²) in [5.74, 6) is 0.283. The molecule has 0 aliphatic carbocycles. The summed E-state index contributed by atoms with van der Waals surface area (Å²) in [6.07, 6.45) is 2.32. The van der Waals surface area contributed by atoms with Crippen molar-refractivity contribution in [3.63, 3.8) is 0 Å². The zero-order valence-corrected chi connectivity index (χ0v) is 18.4. The third kappa shape index (κ3) is 4.68. The monoisotopic (exact) mass is 449 g/mol. The van der Waals surface area contributed by atoms with Crippen LogP contribution in [-0.2, 0) is 17.8 Å². The van der Waals surface area contributed by atoms with Crippen LogP contribution in [0.5, 0.6) is 0 Å². The molecule has 0 bridgehead atoms. The molecule has 2 aromatic carbocycles. The van der Waals surface area contributed by atoms with E-state index >= 15 is 0 Å². The molecule has 0 radical (unpaired) electrons. The molecule has 2 heterocycles. The molecule has 0 saturated carbocycles. The lowest BCUT2D eigenvalue weighted by atomic mass is 10.1. The first-order valence-corrected chi connectivity index (χ1v) is 10.6. The second kappa shape index (κ2) is 9.71. The van der Waals surface area contributed by atoms with Crippen molar-refractivity contribution >= 4 is 34.8 Å². The van der Waals surface area contributed by atoms with Crippen molar-refractivity contribution in [1.29, 1.82) is 0 Å². The summed E-state index contributed by atoms with van der Waals surface area (Å²) < 4.78 is 8.60. The number of carbonyl (C=O) groups excluding carboxylic acids is 1. The lowest BCUT2D eigenvalue weighted by molar-refractivity contribution is 0.102. The van der Waals surface area contributed by atoms with Crippen LogP contribution < -0.4 is 10.9 Å². The Hall–Kier alpha value is -3.56. The SMILES string of the molecule is COCCCn1c(=S)[nH]c2cc(C(=O)Nc3ccnn3Cc3ccccc3)ccc2c1=O. The van der Waals surface area contributed by atoms with Crippen molar-refractivity contribution in [2.24, 2.45) is 0 Å². The Morgan fingerprint density at radius 3 is 2.78 bits per heavy atom. The molecule has 0 saturated heterocycles. The van der Waals surface area contributed by atoms with Gasteiger partial charge in [0.2, 0.25) is 0 Å². The maximum atomic E-state index is 12.9. The fourth-order valence-corrected chi connectivity index (χ4v) is 3.76. The molecule has 0 fully saturated rings. The summed E-state index contributed by atoms with van der Waals surface area (Å²) >= 11 is 5.35. The van der Waals surface area contributed by atoms with Gasteiger partial charge in [0.1, 0.15) is 5.82 Å². The van der Waals surface area contributed by atoms with Crippen LogP contribution in [0.25, 0.3) is 10.9 Å². The number of benzene rings is 2. The Morgan fingerprint density at radius 2 is 2.00 bits per heavy atom. The molecule has 0 aliphatic rings. The summed E-state index contributed by atoms with van der Waals surface area (Å²) in [6, 6.07) is 16.5. The maximum absolute atomic E-state index is 12.9. The maximum Gasteiger partial charge on any atom is 0.262 e. The molecule has 1 amide bonds. The molecule has 32 heavy (non-hydrogen) atoms. The van der Waals surface area contributed by atoms with E-state index in [-0.39, 0.29) is 11.5 Å². The van der Waals surface area contributed by atoms with Crippen molar-refractivity contribution in [2.45, 2.75) is 19.5 Å². The molecule has 4 aromatic rings. The highest BCUT2D eigenvalue weighted by molar-refractivity contribution is 7.71. The molecular weight excluding hydrogens is 426 g/mol. The van der Waals surface area contributed by atoms with E-state index in [1.165, 1.54) is 4.57 Å². The second-order valence-corrected chi connectivity index (χ2v) is 7.69. The Labute approximate surface area is 189 Å². The van der Waals surface area contributed by atoms with E-state index in [0.717, 1.165) is 5.56 Å². The van der Waals surface area contributed by atoms with Crippen LogP contribution in [0.1, 0.15) is 22.3 Å². The number of nitrogens with one attached hydrogen (secondary N) is 2. The molecule has 0 atom stereocenters. The first-order valence-electron chi connectivity index (χ1n) is 10.2. The molecule has 0 aliphatic heterocycles. The normalized spacial score (nSPS) is 11.0. The number of ether oxygens (including phenoxy) is 1. The van der Waals surface area contributed by atoms with E-state index in [2.05, 4.69) is 15.4 Å². The zero-order chi connectivity index (χ0) is 22.5. The highest BCUT2D eigenvalue weighted by atomic mass is 32.1. The van der Waals surface area contributed by atoms with E-state index in [1.807, 2.05) is 30.3 Å². The first-order chi connectivity index (χ1) is 15.6. The third-order valence-corrected chi connectivity index (χ3v) is 5.43. The highest BCUT2D eigenvalue weighted by Gasteiger charge is 2.13. The molecule has 8 nitrogen and oxygen atoms in total. The average Bonchev–Trinajstić information content (AvgIpc) is 3.22. The van der Waals surface area contributed by atoms with Crippen molar-refractivity contribution in [2.75, 3.05) is 19.0 Å². The van der Waals surface area contributed by atoms with Crippen LogP contribution in [-0.4, -0.2) is 39.0 Å². The van der Waals surface area contributed by atoms with Gasteiger partial charge in [-0.3, -0.25) is 14.2 Å². The van der Waals surface area contributed by atoms with Gasteiger partial charge in [0, 0.05) is 31.9 Å². The van der Waals surface area contributed by atoms with Gasteiger partial charge in [0.05, 0.1) is 23.6 Å². The predicted molar refractivity (Wildman–Crippen MR) is 126 cm³/mol. The number of aromatic amines is 1. The number of rotatable bonds is 8. The molecule has 2 N–H and O–H groups in total. The molecular formula is C23H23N5O3S. The number of H-pyrrole nitrogens is 1. The van der Waals surface area contributed by atoms with Crippen LogP contribution in [0, 0.1) is 4.77 Å². The van der Waals surface area contributed by atoms with Crippen molar-refractivity contribution in [1.82, 2.24) is 19.3 Å². The fraction of sp³-hybridized carbons (Fsp3) is 0.217. The third-order valence-electron chi connectivity index (χ3n) is 5.11. The molecule has 9 heteroatoms. The largest absolute Gasteiger partial charge is 0.385 e. The molecule has 164 valence electrons. The van der Waals surface area contributed by atoms with E-state index in [1.54, 1.807) is 42.3 Å². The smallest absolute Gasteiger partial charge is 0.262 e. The van der Waals surface area contributed by atoms with E-state index in [9.17, 15) is 9.59 Å². The molecule has 0 spiro atoms. The van der Waals surface area contributed by atoms with Gasteiger partial charge >= 0.3 is 0 Å². The van der Waals surface area contributed by atoms with Crippen molar-refractivity contribution < 1.29 is 9.53 Å². The van der Waals surface area contributed by atoms with Crippen LogP contribution in [0.2, 0.25) is 0 Å². The lowest BCUT2D eigenvalue weighted by Crippen LogP contribution is -2.23. The Kier molecular flexibility index (Phi) is 6.58. The Balaban J connectivity index is 1.56. The van der Waals surface area contributed by atoms with Crippen LogP contribution >= 0.6 is 12.2 Å². The number of anilines is 1. The van der Waals surface area contributed by atoms with Crippen LogP contribution in [0.4, 0.5) is 5.82 Å². The number of carbonyl (C=O) groups is 1. The molecule has 2 aromatic heterocycles. The number of methoxy groups -OCH3 is 1. The number of aromatic nitrogens is 4. The summed E-state index contributed by atoms with van der Waals surface area (Å²) in [5, 5.41) is 7.67. The number of hydrogen-bond donors (Lipinski definition) is 2. The van der Waals surface area contributed by atoms with E-state index in [0.29, 0.717) is 53.2 Å². The number of nitrogens with zero attached hydrogens (tertiary/aromatic N) is 3. The summed E-state index contributed by atoms with van der Waals surface area (Å²) in [7, 11) is 1.62. The summed E-state index contributed by atoms with van der Waals surface area (Å²) in [6.45, 7) is 1.54. The van der Waals surface area contributed by atoms with Gasteiger partial charge in [-0.1, -0.05) is 30.3 Å². The topological polar surface area (TPSA) is 93.9 Å². The van der Waals surface area contributed by atoms with Crippen LogP contribution in [0.15, 0.2) is 65.6 Å². The number of hydrogen-bond acceptors (Lipinski definition) is 5. The lowest BCUT2D eigenvalue weighted by Gasteiger charge is -2.11. The van der Waals surface area contributed by atoms with Crippen LogP contribution in [0.3, 0.4) is 0 Å². The Morgan fingerprint density at radius 1 is 1.19 bits per heavy atom. The summed E-state index contributed by atoms with van der Waals surface area (Å²) in [5.41, 5.74) is 1.82. The van der Waals surface area contributed by atoms with E-state index in [4.69, 9.17) is 17.0 Å². The van der Waals surface area contributed by atoms with E-state index < -0.39 is 0 Å². The quantitative estimate of drug-likeness (QED) is 0.317. The summed E-state index contributed by atoms with van der Waals surface area (Å²) in [4.78, 5) is 28.8. The predicted octanol–water partition coefficient (Wildman–Crippen LogP) is 3.59. The molecule has 0 unspecified atom stereocenters. The van der Waals surface area contributed by atoms with Gasteiger partial charge < -0.3 is 15.0 Å². The minimum atomic E-state index is -0.301.